The second kappa shape index (κ2) is 8.80. The van der Waals surface area contributed by atoms with Gasteiger partial charge in [-0.3, -0.25) is 4.99 Å². The molecule has 118 valence electrons. The van der Waals surface area contributed by atoms with Crippen molar-refractivity contribution in [2.75, 3.05) is 19.3 Å². The number of thiophene rings is 1. The van der Waals surface area contributed by atoms with Gasteiger partial charge in [-0.25, -0.2) is 4.39 Å². The zero-order valence-electron chi connectivity index (χ0n) is 12.7. The molecule has 1 aromatic heterocycles. The summed E-state index contributed by atoms with van der Waals surface area (Å²) < 4.78 is 13.5. The number of guanidine groups is 1. The zero-order valence-corrected chi connectivity index (χ0v) is 14.3. The minimum absolute atomic E-state index is 0.165. The third-order valence-electron chi connectivity index (χ3n) is 3.04. The molecule has 6 heteroatoms. The molecule has 0 aliphatic carbocycles. The standard InChI is InChI=1S/C16H20FN3S2/c1-12(14-8-5-10-21-14)20-16(18-2)19-9-11-22-15-7-4-3-6-13(15)17/h3-8,10,12H,9,11H2,1-2H3,(H2,18,19,20). The Bertz CT molecular complexity index is 599. The lowest BCUT2D eigenvalue weighted by Crippen LogP contribution is -2.39. The lowest BCUT2D eigenvalue weighted by atomic mass is 10.3. The summed E-state index contributed by atoms with van der Waals surface area (Å²) in [4.78, 5) is 6.16. The summed E-state index contributed by atoms with van der Waals surface area (Å²) in [5.41, 5.74) is 0. The molecular weight excluding hydrogens is 317 g/mol. The summed E-state index contributed by atoms with van der Waals surface area (Å²) in [6.07, 6.45) is 0. The molecule has 3 nitrogen and oxygen atoms in total. The number of halogens is 1. The van der Waals surface area contributed by atoms with Crippen LogP contribution < -0.4 is 10.6 Å². The van der Waals surface area contributed by atoms with E-state index in [1.54, 1.807) is 30.5 Å². The molecule has 0 saturated carbocycles. The van der Waals surface area contributed by atoms with Gasteiger partial charge in [0.15, 0.2) is 5.96 Å². The maximum absolute atomic E-state index is 13.5. The second-order valence-corrected chi connectivity index (χ2v) is 6.78. The van der Waals surface area contributed by atoms with Gasteiger partial charge in [-0.2, -0.15) is 0 Å². The van der Waals surface area contributed by atoms with Crippen LogP contribution in [0, 0.1) is 5.82 Å². The van der Waals surface area contributed by atoms with E-state index >= 15 is 0 Å². The molecule has 2 aromatic rings. The van der Waals surface area contributed by atoms with Gasteiger partial charge in [0.25, 0.3) is 0 Å². The molecule has 2 N–H and O–H groups in total. The average Bonchev–Trinajstić information content (AvgIpc) is 3.06. The van der Waals surface area contributed by atoms with Crippen LogP contribution in [0.3, 0.4) is 0 Å². The number of rotatable bonds is 6. The predicted octanol–water partition coefficient (Wildman–Crippen LogP) is 3.91. The monoisotopic (exact) mass is 337 g/mol. The van der Waals surface area contributed by atoms with Gasteiger partial charge in [-0.1, -0.05) is 18.2 Å². The minimum Gasteiger partial charge on any atom is -0.356 e. The molecule has 0 aliphatic rings. The maximum atomic E-state index is 13.5. The highest BCUT2D eigenvalue weighted by atomic mass is 32.2. The van der Waals surface area contributed by atoms with Crippen molar-refractivity contribution in [3.8, 4) is 0 Å². The highest BCUT2D eigenvalue weighted by Crippen LogP contribution is 2.20. The Morgan fingerprint density at radius 2 is 2.14 bits per heavy atom. The summed E-state index contributed by atoms with van der Waals surface area (Å²) in [6.45, 7) is 2.82. The van der Waals surface area contributed by atoms with Crippen LogP contribution >= 0.6 is 23.1 Å². The van der Waals surface area contributed by atoms with E-state index in [0.29, 0.717) is 4.90 Å². The molecule has 0 aliphatic heterocycles. The third-order valence-corrected chi connectivity index (χ3v) is 5.14. The first kappa shape index (κ1) is 16.8. The summed E-state index contributed by atoms with van der Waals surface area (Å²) in [5.74, 6) is 1.37. The van der Waals surface area contributed by atoms with Gasteiger partial charge in [0.2, 0.25) is 0 Å². The van der Waals surface area contributed by atoms with E-state index in [0.717, 1.165) is 18.3 Å². The minimum atomic E-state index is -0.165. The lowest BCUT2D eigenvalue weighted by Gasteiger charge is -2.16. The molecular formula is C16H20FN3S2. The highest BCUT2D eigenvalue weighted by Gasteiger charge is 2.08. The Morgan fingerprint density at radius 1 is 1.32 bits per heavy atom. The van der Waals surface area contributed by atoms with Crippen molar-refractivity contribution in [3.05, 3.63) is 52.5 Å². The van der Waals surface area contributed by atoms with Crippen molar-refractivity contribution in [2.24, 2.45) is 4.99 Å². The average molecular weight is 337 g/mol. The first-order valence-electron chi connectivity index (χ1n) is 7.08. The third kappa shape index (κ3) is 5.03. The van der Waals surface area contributed by atoms with Crippen molar-refractivity contribution in [1.29, 1.82) is 0 Å². The van der Waals surface area contributed by atoms with Gasteiger partial charge in [0, 0.05) is 29.1 Å². The molecule has 0 bridgehead atoms. The van der Waals surface area contributed by atoms with Crippen molar-refractivity contribution in [2.45, 2.75) is 17.9 Å². The molecule has 0 spiro atoms. The maximum Gasteiger partial charge on any atom is 0.191 e. The van der Waals surface area contributed by atoms with E-state index in [2.05, 4.69) is 34.0 Å². The van der Waals surface area contributed by atoms with Crippen molar-refractivity contribution >= 4 is 29.1 Å². The van der Waals surface area contributed by atoms with E-state index in [1.165, 1.54) is 22.7 Å². The fraction of sp³-hybridized carbons (Fsp3) is 0.312. The van der Waals surface area contributed by atoms with Crippen LogP contribution in [0.2, 0.25) is 0 Å². The highest BCUT2D eigenvalue weighted by molar-refractivity contribution is 7.99. The van der Waals surface area contributed by atoms with Gasteiger partial charge >= 0.3 is 0 Å². The largest absolute Gasteiger partial charge is 0.356 e. The number of aliphatic imine (C=N–C) groups is 1. The summed E-state index contributed by atoms with van der Waals surface area (Å²) >= 11 is 3.22. The van der Waals surface area contributed by atoms with Crippen molar-refractivity contribution < 1.29 is 4.39 Å². The molecule has 1 heterocycles. The van der Waals surface area contributed by atoms with E-state index in [4.69, 9.17) is 0 Å². The SMILES string of the molecule is CN=C(NCCSc1ccccc1F)NC(C)c1cccs1. The second-order valence-electron chi connectivity index (χ2n) is 4.66. The normalized spacial score (nSPS) is 13.0. The first-order valence-corrected chi connectivity index (χ1v) is 8.95. The number of nitrogens with zero attached hydrogens (tertiary/aromatic N) is 1. The molecule has 1 unspecified atom stereocenters. The molecule has 0 amide bonds. The van der Waals surface area contributed by atoms with Crippen LogP contribution in [0.25, 0.3) is 0 Å². The number of hydrogen-bond donors (Lipinski definition) is 2. The number of hydrogen-bond acceptors (Lipinski definition) is 3. The van der Waals surface area contributed by atoms with Crippen LogP contribution in [0.4, 0.5) is 4.39 Å². The molecule has 0 radical (unpaired) electrons. The molecule has 1 atom stereocenters. The van der Waals surface area contributed by atoms with Crippen molar-refractivity contribution in [1.82, 2.24) is 10.6 Å². The Kier molecular flexibility index (Phi) is 6.74. The lowest BCUT2D eigenvalue weighted by molar-refractivity contribution is 0.602. The molecule has 1 aromatic carbocycles. The summed E-state index contributed by atoms with van der Waals surface area (Å²) in [5, 5.41) is 8.66. The summed E-state index contributed by atoms with van der Waals surface area (Å²) in [7, 11) is 1.75. The Morgan fingerprint density at radius 3 is 2.82 bits per heavy atom. The Labute approximate surface area is 139 Å². The number of thioether (sulfide) groups is 1. The quantitative estimate of drug-likeness (QED) is 0.363. The summed E-state index contributed by atoms with van der Waals surface area (Å²) in [6, 6.07) is 11.2. The number of nitrogens with one attached hydrogen (secondary N) is 2. The van der Waals surface area contributed by atoms with Gasteiger partial charge in [0.1, 0.15) is 5.82 Å². The molecule has 0 saturated heterocycles. The smallest absolute Gasteiger partial charge is 0.191 e. The molecule has 2 rings (SSSR count). The Balaban J connectivity index is 1.74. The van der Waals surface area contributed by atoms with Gasteiger partial charge in [0.05, 0.1) is 6.04 Å². The fourth-order valence-corrected chi connectivity index (χ4v) is 3.44. The Hall–Kier alpha value is -1.53. The van der Waals surface area contributed by atoms with Crippen LogP contribution in [0.1, 0.15) is 17.8 Å². The molecule has 22 heavy (non-hydrogen) atoms. The van der Waals surface area contributed by atoms with E-state index < -0.39 is 0 Å². The zero-order chi connectivity index (χ0) is 15.8. The van der Waals surface area contributed by atoms with E-state index in [-0.39, 0.29) is 11.9 Å². The van der Waals surface area contributed by atoms with Gasteiger partial charge < -0.3 is 10.6 Å². The van der Waals surface area contributed by atoms with Crippen molar-refractivity contribution in [3.63, 3.8) is 0 Å². The van der Waals surface area contributed by atoms with Crippen LogP contribution in [-0.2, 0) is 0 Å². The molecule has 0 fully saturated rings. The number of benzene rings is 1. The van der Waals surface area contributed by atoms with E-state index in [9.17, 15) is 4.39 Å². The van der Waals surface area contributed by atoms with Crippen LogP contribution in [-0.4, -0.2) is 25.3 Å². The van der Waals surface area contributed by atoms with Gasteiger partial charge in [-0.05, 0) is 30.5 Å². The van der Waals surface area contributed by atoms with Crippen LogP contribution in [0.5, 0.6) is 0 Å². The van der Waals surface area contributed by atoms with E-state index in [1.807, 2.05) is 12.1 Å². The van der Waals surface area contributed by atoms with Crippen LogP contribution in [0.15, 0.2) is 51.7 Å². The first-order chi connectivity index (χ1) is 10.7. The van der Waals surface area contributed by atoms with Gasteiger partial charge in [-0.15, -0.1) is 23.1 Å². The topological polar surface area (TPSA) is 36.4 Å². The predicted molar refractivity (Wildman–Crippen MR) is 94.4 cm³/mol. The fourth-order valence-electron chi connectivity index (χ4n) is 1.90.